The van der Waals surface area contributed by atoms with Crippen molar-refractivity contribution in [2.45, 2.75) is 26.6 Å². The molecule has 17 heavy (non-hydrogen) atoms. The maximum atomic E-state index is 9.38. The van der Waals surface area contributed by atoms with Crippen molar-refractivity contribution in [1.29, 1.82) is 0 Å². The average Bonchev–Trinajstić information content (AvgIpc) is 2.35. The predicted molar refractivity (Wildman–Crippen MR) is 69.8 cm³/mol. The first-order valence-corrected chi connectivity index (χ1v) is 6.01. The molecule has 0 aliphatic carbocycles. The molecule has 0 aromatic heterocycles. The van der Waals surface area contributed by atoms with Gasteiger partial charge in [-0.05, 0) is 12.6 Å². The molecule has 1 rings (SSSR count). The van der Waals surface area contributed by atoms with Gasteiger partial charge in [-0.15, -0.1) is 0 Å². The smallest absolute Gasteiger partial charge is 0.0776 e. The molecule has 1 aromatic rings. The lowest BCUT2D eigenvalue weighted by Gasteiger charge is -2.32. The Hall–Kier alpha value is -0.900. The molecule has 0 aliphatic heterocycles. The zero-order chi connectivity index (χ0) is 12.7. The Labute approximate surface area is 104 Å². The summed E-state index contributed by atoms with van der Waals surface area (Å²) >= 11 is 0. The lowest BCUT2D eigenvalue weighted by Crippen LogP contribution is -2.41. The first kappa shape index (κ1) is 14.2. The molecule has 0 saturated carbocycles. The summed E-state index contributed by atoms with van der Waals surface area (Å²) in [6, 6.07) is 10.1. The van der Waals surface area contributed by atoms with E-state index in [2.05, 4.69) is 5.32 Å². The molecule has 0 unspecified atom stereocenters. The van der Waals surface area contributed by atoms with E-state index in [-0.39, 0.29) is 18.1 Å². The second-order valence-electron chi connectivity index (χ2n) is 4.99. The van der Waals surface area contributed by atoms with Crippen LogP contribution in [0.25, 0.3) is 0 Å². The second kappa shape index (κ2) is 6.74. The highest BCUT2D eigenvalue weighted by Crippen LogP contribution is 2.23. The Balaban J connectivity index is 2.56. The first-order chi connectivity index (χ1) is 8.10. The Morgan fingerprint density at radius 1 is 1.29 bits per heavy atom. The maximum Gasteiger partial charge on any atom is 0.0776 e. The van der Waals surface area contributed by atoms with Crippen LogP contribution in [0.5, 0.6) is 0 Å². The minimum absolute atomic E-state index is 0.00212. The van der Waals surface area contributed by atoms with Crippen molar-refractivity contribution < 1.29 is 9.84 Å². The van der Waals surface area contributed by atoms with E-state index in [1.54, 1.807) is 0 Å². The number of aliphatic hydroxyl groups is 1. The highest BCUT2D eigenvalue weighted by Gasteiger charge is 2.29. The van der Waals surface area contributed by atoms with Gasteiger partial charge in [0.1, 0.15) is 0 Å². The molecule has 0 radical (unpaired) electrons. The highest BCUT2D eigenvalue weighted by molar-refractivity contribution is 5.13. The van der Waals surface area contributed by atoms with Crippen molar-refractivity contribution in [1.82, 2.24) is 5.32 Å². The van der Waals surface area contributed by atoms with Crippen LogP contribution in [0.2, 0.25) is 0 Å². The van der Waals surface area contributed by atoms with E-state index in [1.807, 2.05) is 51.2 Å². The number of aliphatic hydroxyl groups excluding tert-OH is 1. The third-order valence-corrected chi connectivity index (χ3v) is 2.96. The molecule has 0 aliphatic rings. The van der Waals surface area contributed by atoms with Gasteiger partial charge >= 0.3 is 0 Å². The SMILES string of the molecule is CNC[C@H](OCc1ccccc1)C(C)(C)CO. The summed E-state index contributed by atoms with van der Waals surface area (Å²) in [6.45, 7) is 5.46. The van der Waals surface area contributed by atoms with Gasteiger partial charge in [0, 0.05) is 12.0 Å². The molecular weight excluding hydrogens is 214 g/mol. The molecule has 0 saturated heterocycles. The molecule has 1 aromatic carbocycles. The van der Waals surface area contributed by atoms with Gasteiger partial charge < -0.3 is 15.2 Å². The van der Waals surface area contributed by atoms with Crippen LogP contribution in [-0.2, 0) is 11.3 Å². The number of hydrogen-bond donors (Lipinski definition) is 2. The van der Waals surface area contributed by atoms with Gasteiger partial charge in [0.05, 0.1) is 19.3 Å². The van der Waals surface area contributed by atoms with Crippen molar-refractivity contribution in [3.05, 3.63) is 35.9 Å². The van der Waals surface area contributed by atoms with Gasteiger partial charge in [-0.25, -0.2) is 0 Å². The Morgan fingerprint density at radius 3 is 2.47 bits per heavy atom. The zero-order valence-electron chi connectivity index (χ0n) is 10.9. The Morgan fingerprint density at radius 2 is 1.94 bits per heavy atom. The Bertz CT molecular complexity index is 311. The van der Waals surface area contributed by atoms with Crippen molar-refractivity contribution in [2.24, 2.45) is 5.41 Å². The fourth-order valence-electron chi connectivity index (χ4n) is 1.62. The minimum atomic E-state index is -0.238. The molecule has 1 atom stereocenters. The molecule has 0 amide bonds. The Kier molecular flexibility index (Phi) is 5.62. The minimum Gasteiger partial charge on any atom is -0.396 e. The zero-order valence-corrected chi connectivity index (χ0v) is 10.9. The summed E-state index contributed by atoms with van der Waals surface area (Å²) in [5.74, 6) is 0. The average molecular weight is 237 g/mol. The van der Waals surface area contributed by atoms with E-state index in [0.29, 0.717) is 6.61 Å². The van der Waals surface area contributed by atoms with Crippen LogP contribution < -0.4 is 5.32 Å². The summed E-state index contributed by atoms with van der Waals surface area (Å²) in [6.07, 6.45) is -0.00212. The highest BCUT2D eigenvalue weighted by atomic mass is 16.5. The van der Waals surface area contributed by atoms with Crippen LogP contribution in [0.4, 0.5) is 0 Å². The van der Waals surface area contributed by atoms with Crippen LogP contribution in [0.1, 0.15) is 19.4 Å². The van der Waals surface area contributed by atoms with Crippen LogP contribution in [0, 0.1) is 5.41 Å². The van der Waals surface area contributed by atoms with E-state index in [0.717, 1.165) is 12.1 Å². The van der Waals surface area contributed by atoms with E-state index >= 15 is 0 Å². The van der Waals surface area contributed by atoms with Gasteiger partial charge in [-0.2, -0.15) is 0 Å². The number of ether oxygens (including phenoxy) is 1. The van der Waals surface area contributed by atoms with Gasteiger partial charge in [-0.3, -0.25) is 0 Å². The van der Waals surface area contributed by atoms with Crippen molar-refractivity contribution in [2.75, 3.05) is 20.2 Å². The molecule has 3 nitrogen and oxygen atoms in total. The monoisotopic (exact) mass is 237 g/mol. The van der Waals surface area contributed by atoms with Crippen LogP contribution in [0.15, 0.2) is 30.3 Å². The topological polar surface area (TPSA) is 41.5 Å². The summed E-state index contributed by atoms with van der Waals surface area (Å²) in [4.78, 5) is 0. The molecule has 2 N–H and O–H groups in total. The summed E-state index contributed by atoms with van der Waals surface area (Å²) in [5.41, 5.74) is 0.917. The third kappa shape index (κ3) is 4.46. The van der Waals surface area contributed by atoms with Crippen LogP contribution >= 0.6 is 0 Å². The van der Waals surface area contributed by atoms with Gasteiger partial charge in [-0.1, -0.05) is 44.2 Å². The van der Waals surface area contributed by atoms with Crippen molar-refractivity contribution in [3.8, 4) is 0 Å². The van der Waals surface area contributed by atoms with Crippen molar-refractivity contribution in [3.63, 3.8) is 0 Å². The largest absolute Gasteiger partial charge is 0.396 e. The molecule has 96 valence electrons. The fourth-order valence-corrected chi connectivity index (χ4v) is 1.62. The quantitative estimate of drug-likeness (QED) is 0.760. The molecule has 0 heterocycles. The van der Waals surface area contributed by atoms with E-state index in [1.165, 1.54) is 0 Å². The summed E-state index contributed by atoms with van der Waals surface area (Å²) in [7, 11) is 1.90. The maximum absolute atomic E-state index is 9.38. The standard InChI is InChI=1S/C14H23NO2/c1-14(2,11-16)13(9-15-3)17-10-12-7-5-4-6-8-12/h4-8,13,15-16H,9-11H2,1-3H3/t13-/m0/s1. The third-order valence-electron chi connectivity index (χ3n) is 2.96. The van der Waals surface area contributed by atoms with Crippen LogP contribution in [0.3, 0.4) is 0 Å². The van der Waals surface area contributed by atoms with E-state index in [9.17, 15) is 5.11 Å². The van der Waals surface area contributed by atoms with Crippen molar-refractivity contribution >= 4 is 0 Å². The molecule has 0 fully saturated rings. The lowest BCUT2D eigenvalue weighted by atomic mass is 9.87. The van der Waals surface area contributed by atoms with E-state index < -0.39 is 0 Å². The van der Waals surface area contributed by atoms with Gasteiger partial charge in [0.15, 0.2) is 0 Å². The number of nitrogens with one attached hydrogen (secondary N) is 1. The first-order valence-electron chi connectivity index (χ1n) is 6.01. The van der Waals surface area contributed by atoms with Crippen LogP contribution in [-0.4, -0.2) is 31.4 Å². The van der Waals surface area contributed by atoms with Gasteiger partial charge in [0.25, 0.3) is 0 Å². The molecule has 3 heteroatoms. The van der Waals surface area contributed by atoms with E-state index in [4.69, 9.17) is 4.74 Å². The number of rotatable bonds is 7. The number of hydrogen-bond acceptors (Lipinski definition) is 3. The molecule has 0 spiro atoms. The fraction of sp³-hybridized carbons (Fsp3) is 0.571. The molecular formula is C14H23NO2. The summed E-state index contributed by atoms with van der Waals surface area (Å²) in [5, 5.41) is 12.5. The van der Waals surface area contributed by atoms with Gasteiger partial charge in [0.2, 0.25) is 0 Å². The number of benzene rings is 1. The lowest BCUT2D eigenvalue weighted by molar-refractivity contribution is -0.0549. The molecule has 0 bridgehead atoms. The normalized spacial score (nSPS) is 13.6. The predicted octanol–water partition coefficient (Wildman–Crippen LogP) is 1.81. The number of likely N-dealkylation sites (N-methyl/N-ethyl adjacent to an activating group) is 1. The second-order valence-corrected chi connectivity index (χ2v) is 4.99. The summed E-state index contributed by atoms with van der Waals surface area (Å²) < 4.78 is 5.90.